The first kappa shape index (κ1) is 16.7. The van der Waals surface area contributed by atoms with E-state index >= 15 is 0 Å². The maximum atomic E-state index is 11.8. The molecule has 124 valence electrons. The van der Waals surface area contributed by atoms with Gasteiger partial charge in [0.25, 0.3) is 0 Å². The van der Waals surface area contributed by atoms with Gasteiger partial charge in [-0.25, -0.2) is 0 Å². The largest absolute Gasteiger partial charge is 0.468 e. The van der Waals surface area contributed by atoms with Gasteiger partial charge in [0.1, 0.15) is 5.25 Å². The zero-order chi connectivity index (χ0) is 17.1. The lowest BCUT2D eigenvalue weighted by Gasteiger charge is -2.12. The Balaban J connectivity index is 2.08. The molecule has 0 amide bonds. The van der Waals surface area contributed by atoms with Crippen molar-refractivity contribution in [2.24, 2.45) is 0 Å². The molecular formula is C17H17N3O2S2. The normalized spacial score (nSPS) is 12.1. The Labute approximate surface area is 148 Å². The number of ether oxygens (including phenoxy) is 1. The third-order valence-electron chi connectivity index (χ3n) is 3.45. The standard InChI is InChI=1S/C17H17N3O2S2/c1-11-6-4-7-13(10-11)20-15(14-8-5-9-23-14)18-19-17(20)24-12(2)16(21)22-3/h4-10,12H,1-3H3/t12-/m0/s1. The van der Waals surface area contributed by atoms with Gasteiger partial charge in [0.15, 0.2) is 11.0 Å². The van der Waals surface area contributed by atoms with Crippen LogP contribution in [0.3, 0.4) is 0 Å². The Kier molecular flexibility index (Phi) is 5.01. The molecule has 7 heteroatoms. The van der Waals surface area contributed by atoms with E-state index in [9.17, 15) is 4.79 Å². The van der Waals surface area contributed by atoms with Crippen LogP contribution in [0.4, 0.5) is 0 Å². The highest BCUT2D eigenvalue weighted by molar-refractivity contribution is 8.00. The molecule has 0 unspecified atom stereocenters. The molecule has 0 spiro atoms. The summed E-state index contributed by atoms with van der Waals surface area (Å²) in [5.41, 5.74) is 2.12. The molecule has 0 aliphatic carbocycles. The Morgan fingerprint density at radius 2 is 2.12 bits per heavy atom. The van der Waals surface area contributed by atoms with Crippen molar-refractivity contribution in [2.45, 2.75) is 24.3 Å². The first-order valence-electron chi connectivity index (χ1n) is 7.41. The maximum absolute atomic E-state index is 11.8. The summed E-state index contributed by atoms with van der Waals surface area (Å²) in [5, 5.41) is 11.0. The quantitative estimate of drug-likeness (QED) is 0.510. The summed E-state index contributed by atoms with van der Waals surface area (Å²) in [6, 6.07) is 12.1. The Morgan fingerprint density at radius 3 is 2.79 bits per heavy atom. The van der Waals surface area contributed by atoms with Crippen molar-refractivity contribution < 1.29 is 9.53 Å². The average Bonchev–Trinajstić information content (AvgIpc) is 3.23. The minimum atomic E-state index is -0.362. The molecule has 1 aromatic carbocycles. The zero-order valence-corrected chi connectivity index (χ0v) is 15.2. The van der Waals surface area contributed by atoms with Crippen LogP contribution >= 0.6 is 23.1 Å². The van der Waals surface area contributed by atoms with Crippen molar-refractivity contribution in [3.05, 3.63) is 47.3 Å². The van der Waals surface area contributed by atoms with Gasteiger partial charge in [-0.2, -0.15) is 0 Å². The number of aryl methyl sites for hydroxylation is 1. The van der Waals surface area contributed by atoms with Crippen LogP contribution in [0.25, 0.3) is 16.4 Å². The highest BCUT2D eigenvalue weighted by atomic mass is 32.2. The average molecular weight is 359 g/mol. The van der Waals surface area contributed by atoms with Crippen LogP contribution in [-0.4, -0.2) is 33.1 Å². The third kappa shape index (κ3) is 3.37. The molecule has 0 N–H and O–H groups in total. The molecule has 0 saturated carbocycles. The van der Waals surface area contributed by atoms with E-state index in [1.165, 1.54) is 18.9 Å². The molecule has 0 radical (unpaired) electrons. The molecule has 0 aliphatic heterocycles. The van der Waals surface area contributed by atoms with Crippen LogP contribution in [0.2, 0.25) is 0 Å². The Bertz CT molecular complexity index is 843. The van der Waals surface area contributed by atoms with Crippen LogP contribution in [0.15, 0.2) is 46.9 Å². The summed E-state index contributed by atoms with van der Waals surface area (Å²) >= 11 is 2.95. The zero-order valence-electron chi connectivity index (χ0n) is 13.6. The Hall–Kier alpha value is -2.12. The van der Waals surface area contributed by atoms with E-state index in [-0.39, 0.29) is 11.2 Å². The molecule has 0 fully saturated rings. The molecule has 5 nitrogen and oxygen atoms in total. The molecule has 2 heterocycles. The lowest BCUT2D eigenvalue weighted by molar-refractivity contribution is -0.139. The highest BCUT2D eigenvalue weighted by Crippen LogP contribution is 2.32. The van der Waals surface area contributed by atoms with Crippen molar-refractivity contribution in [3.63, 3.8) is 0 Å². The number of methoxy groups -OCH3 is 1. The van der Waals surface area contributed by atoms with E-state index in [4.69, 9.17) is 4.74 Å². The second-order valence-electron chi connectivity index (χ2n) is 5.24. The van der Waals surface area contributed by atoms with Crippen LogP contribution in [0.1, 0.15) is 12.5 Å². The van der Waals surface area contributed by atoms with Crippen LogP contribution in [0, 0.1) is 6.92 Å². The van der Waals surface area contributed by atoms with Crippen LogP contribution < -0.4 is 0 Å². The summed E-state index contributed by atoms with van der Waals surface area (Å²) < 4.78 is 6.80. The number of benzene rings is 1. The number of rotatable bonds is 5. The SMILES string of the molecule is COC(=O)[C@H](C)Sc1nnc(-c2cccs2)n1-c1cccc(C)c1. The van der Waals surface area contributed by atoms with E-state index in [2.05, 4.69) is 16.3 Å². The van der Waals surface area contributed by atoms with E-state index in [1.54, 1.807) is 18.3 Å². The van der Waals surface area contributed by atoms with E-state index in [1.807, 2.05) is 47.2 Å². The summed E-state index contributed by atoms with van der Waals surface area (Å²) in [7, 11) is 1.39. The summed E-state index contributed by atoms with van der Waals surface area (Å²) in [6.07, 6.45) is 0. The van der Waals surface area contributed by atoms with Crippen molar-refractivity contribution in [1.82, 2.24) is 14.8 Å². The van der Waals surface area contributed by atoms with E-state index < -0.39 is 0 Å². The summed E-state index contributed by atoms with van der Waals surface area (Å²) in [6.45, 7) is 3.85. The number of esters is 1. The molecule has 0 saturated heterocycles. The van der Waals surface area contributed by atoms with Crippen molar-refractivity contribution in [1.29, 1.82) is 0 Å². The number of aromatic nitrogens is 3. The predicted molar refractivity (Wildman–Crippen MR) is 96.7 cm³/mol. The first-order chi connectivity index (χ1) is 11.6. The number of carbonyl (C=O) groups is 1. The van der Waals surface area contributed by atoms with Crippen molar-refractivity contribution in [3.8, 4) is 16.4 Å². The number of thioether (sulfide) groups is 1. The summed E-state index contributed by atoms with van der Waals surface area (Å²) in [4.78, 5) is 12.8. The van der Waals surface area contributed by atoms with Crippen LogP contribution in [-0.2, 0) is 9.53 Å². The highest BCUT2D eigenvalue weighted by Gasteiger charge is 2.22. The van der Waals surface area contributed by atoms with Crippen molar-refractivity contribution in [2.75, 3.05) is 7.11 Å². The molecule has 0 aliphatic rings. The van der Waals surface area contributed by atoms with E-state index in [0.29, 0.717) is 5.16 Å². The fourth-order valence-corrected chi connectivity index (χ4v) is 3.88. The molecule has 3 rings (SSSR count). The van der Waals surface area contributed by atoms with Gasteiger partial charge in [-0.05, 0) is 43.0 Å². The number of carbonyl (C=O) groups excluding carboxylic acids is 1. The minimum Gasteiger partial charge on any atom is -0.468 e. The molecule has 3 aromatic rings. The topological polar surface area (TPSA) is 57.0 Å². The van der Waals surface area contributed by atoms with Gasteiger partial charge in [-0.1, -0.05) is 30.0 Å². The Morgan fingerprint density at radius 1 is 1.29 bits per heavy atom. The smallest absolute Gasteiger partial charge is 0.318 e. The first-order valence-corrected chi connectivity index (χ1v) is 9.17. The number of nitrogens with zero attached hydrogens (tertiary/aromatic N) is 3. The number of hydrogen-bond acceptors (Lipinski definition) is 6. The van der Waals surface area contributed by atoms with Gasteiger partial charge < -0.3 is 4.74 Å². The van der Waals surface area contributed by atoms with Gasteiger partial charge in [0, 0.05) is 0 Å². The number of hydrogen-bond donors (Lipinski definition) is 0. The fraction of sp³-hybridized carbons (Fsp3) is 0.235. The maximum Gasteiger partial charge on any atom is 0.318 e. The van der Waals surface area contributed by atoms with Gasteiger partial charge in [0.05, 0.1) is 17.7 Å². The number of thiophene rings is 1. The lowest BCUT2D eigenvalue weighted by atomic mass is 10.2. The van der Waals surface area contributed by atoms with Gasteiger partial charge in [-0.3, -0.25) is 9.36 Å². The van der Waals surface area contributed by atoms with Crippen LogP contribution in [0.5, 0.6) is 0 Å². The summed E-state index contributed by atoms with van der Waals surface area (Å²) in [5.74, 6) is 0.492. The molecule has 2 aromatic heterocycles. The van der Waals surface area contributed by atoms with Crippen molar-refractivity contribution >= 4 is 29.1 Å². The monoisotopic (exact) mass is 359 g/mol. The molecule has 0 bridgehead atoms. The van der Waals surface area contributed by atoms with Gasteiger partial charge in [-0.15, -0.1) is 21.5 Å². The second kappa shape index (κ2) is 7.19. The minimum absolute atomic E-state index is 0.281. The van der Waals surface area contributed by atoms with Gasteiger partial charge >= 0.3 is 5.97 Å². The van der Waals surface area contributed by atoms with E-state index in [0.717, 1.165) is 22.0 Å². The molecule has 1 atom stereocenters. The molecular weight excluding hydrogens is 342 g/mol. The molecule has 24 heavy (non-hydrogen) atoms. The van der Waals surface area contributed by atoms with Gasteiger partial charge in [0.2, 0.25) is 0 Å². The second-order valence-corrected chi connectivity index (χ2v) is 7.50. The predicted octanol–water partition coefficient (Wildman–Crippen LogP) is 3.96. The fourth-order valence-electron chi connectivity index (χ4n) is 2.28. The third-order valence-corrected chi connectivity index (χ3v) is 5.34. The lowest BCUT2D eigenvalue weighted by Crippen LogP contribution is -2.15.